The molecule has 0 amide bonds. The van der Waals surface area contributed by atoms with Gasteiger partial charge < -0.3 is 4.42 Å². The standard InChI is InChI=1S/C54H34N4OS/c1-2-13-32(14-3-1)35-28-25-33-27-30-45-50(49(33)40-18-5-4-15-36(35)40)42-19-6-9-22-44(42)58(45)54-56-52(34-26-29-38-37-16-7-10-23-46(37)59-47(38)31-34)55-53(57-54)43-21-12-20-41-39-17-8-11-24-48(39)60-51(41)43/h1-24,26-27,29-31,35H,25,28H2. The van der Waals surface area contributed by atoms with Gasteiger partial charge in [-0.1, -0.05) is 133 Å². The molecule has 12 aromatic rings. The number of aryl methyl sites for hydroxylation is 1. The van der Waals surface area contributed by atoms with Gasteiger partial charge in [0.25, 0.3) is 0 Å². The minimum Gasteiger partial charge on any atom is -0.456 e. The monoisotopic (exact) mass is 786 g/mol. The van der Waals surface area contributed by atoms with Crippen LogP contribution in [0.1, 0.15) is 29.0 Å². The third-order valence-electron chi connectivity index (χ3n) is 12.5. The van der Waals surface area contributed by atoms with Crippen molar-refractivity contribution in [1.29, 1.82) is 0 Å². The number of fused-ring (bicyclic) bond motifs is 13. The zero-order chi connectivity index (χ0) is 39.3. The van der Waals surface area contributed by atoms with Crippen molar-refractivity contribution >= 4 is 75.3 Å². The van der Waals surface area contributed by atoms with Gasteiger partial charge in [-0.25, -0.2) is 4.98 Å². The molecule has 0 saturated carbocycles. The summed E-state index contributed by atoms with van der Waals surface area (Å²) in [6.07, 6.45) is 2.01. The van der Waals surface area contributed by atoms with Gasteiger partial charge in [0.2, 0.25) is 5.95 Å². The number of furan rings is 1. The quantitative estimate of drug-likeness (QED) is 0.178. The Hall–Kier alpha value is -7.41. The van der Waals surface area contributed by atoms with Crippen LogP contribution in [0, 0.1) is 0 Å². The molecule has 1 atom stereocenters. The van der Waals surface area contributed by atoms with Crippen molar-refractivity contribution in [2.24, 2.45) is 0 Å². The van der Waals surface area contributed by atoms with Crippen molar-refractivity contribution in [3.63, 3.8) is 0 Å². The number of rotatable bonds is 4. The summed E-state index contributed by atoms with van der Waals surface area (Å²) in [5.74, 6) is 2.10. The smallest absolute Gasteiger partial charge is 0.238 e. The topological polar surface area (TPSA) is 56.7 Å². The molecule has 1 aliphatic rings. The summed E-state index contributed by atoms with van der Waals surface area (Å²) in [7, 11) is 0. The van der Waals surface area contributed by atoms with E-state index in [1.54, 1.807) is 11.3 Å². The Bertz CT molecular complexity index is 3690. The Balaban J connectivity index is 1.09. The molecule has 0 spiro atoms. The molecule has 5 nitrogen and oxygen atoms in total. The fraction of sp³-hybridized carbons (Fsp3) is 0.0556. The largest absolute Gasteiger partial charge is 0.456 e. The molecule has 0 saturated heterocycles. The maximum atomic E-state index is 6.39. The van der Waals surface area contributed by atoms with Gasteiger partial charge in [0.15, 0.2) is 11.6 Å². The second kappa shape index (κ2) is 13.0. The van der Waals surface area contributed by atoms with Gasteiger partial charge in [0.1, 0.15) is 11.2 Å². The minimum absolute atomic E-state index is 0.299. The lowest BCUT2D eigenvalue weighted by atomic mass is 9.85. The SMILES string of the molecule is c1ccc(C2CCc3ccc4c(c3-c3ccccc32)c2ccccc2n4-c2nc(-c3ccc4c(c3)oc3ccccc34)nc(-c3cccc4c3sc3ccccc34)n2)cc1. The van der Waals surface area contributed by atoms with Gasteiger partial charge in [0, 0.05) is 58.8 Å². The molecule has 282 valence electrons. The van der Waals surface area contributed by atoms with E-state index in [0.717, 1.165) is 61.6 Å². The van der Waals surface area contributed by atoms with Crippen LogP contribution in [0.5, 0.6) is 0 Å². The second-order valence-electron chi connectivity index (χ2n) is 15.8. The summed E-state index contributed by atoms with van der Waals surface area (Å²) >= 11 is 1.78. The highest BCUT2D eigenvalue weighted by atomic mass is 32.1. The van der Waals surface area contributed by atoms with Gasteiger partial charge in [-0.05, 0) is 83.1 Å². The van der Waals surface area contributed by atoms with Crippen molar-refractivity contribution in [2.75, 3.05) is 0 Å². The maximum absolute atomic E-state index is 6.39. The Kier molecular flexibility index (Phi) is 7.30. The average Bonchev–Trinajstić information content (AvgIpc) is 3.95. The molecule has 4 heterocycles. The summed E-state index contributed by atoms with van der Waals surface area (Å²) in [5, 5.41) is 7.00. The normalized spacial score (nSPS) is 14.0. The van der Waals surface area contributed by atoms with Crippen LogP contribution < -0.4 is 0 Å². The van der Waals surface area contributed by atoms with Crippen LogP contribution in [0.3, 0.4) is 0 Å². The summed E-state index contributed by atoms with van der Waals surface area (Å²) in [4.78, 5) is 16.1. The molecule has 1 aliphatic carbocycles. The minimum atomic E-state index is 0.299. The summed E-state index contributed by atoms with van der Waals surface area (Å²) in [5.41, 5.74) is 12.3. The predicted molar refractivity (Wildman–Crippen MR) is 247 cm³/mol. The van der Waals surface area contributed by atoms with E-state index in [2.05, 4.69) is 168 Å². The first-order valence-corrected chi connectivity index (χ1v) is 21.3. The highest BCUT2D eigenvalue weighted by Gasteiger charge is 2.28. The van der Waals surface area contributed by atoms with Crippen LogP contribution in [-0.2, 0) is 6.42 Å². The zero-order valence-electron chi connectivity index (χ0n) is 32.3. The van der Waals surface area contributed by atoms with Gasteiger partial charge in [0.05, 0.1) is 11.0 Å². The highest BCUT2D eigenvalue weighted by molar-refractivity contribution is 7.26. The first-order valence-electron chi connectivity index (χ1n) is 20.5. The van der Waals surface area contributed by atoms with Crippen LogP contribution in [0.4, 0.5) is 0 Å². The fourth-order valence-electron chi connectivity index (χ4n) is 9.85. The zero-order valence-corrected chi connectivity index (χ0v) is 33.2. The summed E-state index contributed by atoms with van der Waals surface area (Å²) in [6.45, 7) is 0. The van der Waals surface area contributed by atoms with E-state index in [-0.39, 0.29) is 0 Å². The van der Waals surface area contributed by atoms with Crippen LogP contribution in [0.25, 0.3) is 104 Å². The van der Waals surface area contributed by atoms with Crippen molar-refractivity contribution in [3.05, 3.63) is 193 Å². The molecule has 13 rings (SSSR count). The third-order valence-corrected chi connectivity index (χ3v) is 13.8. The Morgan fingerprint density at radius 1 is 0.533 bits per heavy atom. The average molecular weight is 787 g/mol. The van der Waals surface area contributed by atoms with E-state index < -0.39 is 0 Å². The van der Waals surface area contributed by atoms with E-state index in [1.807, 2.05) is 12.1 Å². The molecule has 4 aromatic heterocycles. The molecule has 0 fully saturated rings. The molecule has 60 heavy (non-hydrogen) atoms. The van der Waals surface area contributed by atoms with Crippen LogP contribution in [0.15, 0.2) is 180 Å². The molecular formula is C54H34N4OS. The fourth-order valence-corrected chi connectivity index (χ4v) is 11.1. The molecule has 0 radical (unpaired) electrons. The molecule has 8 aromatic carbocycles. The predicted octanol–water partition coefficient (Wildman–Crippen LogP) is 14.3. The Morgan fingerprint density at radius 2 is 1.27 bits per heavy atom. The number of benzene rings is 8. The molecule has 1 unspecified atom stereocenters. The van der Waals surface area contributed by atoms with E-state index in [4.69, 9.17) is 19.4 Å². The van der Waals surface area contributed by atoms with Gasteiger partial charge >= 0.3 is 0 Å². The van der Waals surface area contributed by atoms with Crippen molar-refractivity contribution < 1.29 is 4.42 Å². The van der Waals surface area contributed by atoms with Crippen LogP contribution in [-0.4, -0.2) is 19.5 Å². The number of hydrogen-bond acceptors (Lipinski definition) is 5. The lowest BCUT2D eigenvalue weighted by Gasteiger charge is -2.18. The molecule has 0 bridgehead atoms. The van der Waals surface area contributed by atoms with E-state index in [9.17, 15) is 0 Å². The number of thiophene rings is 1. The number of nitrogens with zero attached hydrogens (tertiary/aromatic N) is 4. The van der Waals surface area contributed by atoms with Crippen LogP contribution >= 0.6 is 11.3 Å². The Morgan fingerprint density at radius 3 is 2.20 bits per heavy atom. The third kappa shape index (κ3) is 5.01. The van der Waals surface area contributed by atoms with Gasteiger partial charge in [-0.2, -0.15) is 9.97 Å². The number of hydrogen-bond donors (Lipinski definition) is 0. The Labute approximate surface area is 348 Å². The first-order chi connectivity index (χ1) is 29.7. The molecule has 0 N–H and O–H groups in total. The van der Waals surface area contributed by atoms with Gasteiger partial charge in [-0.3, -0.25) is 4.57 Å². The first kappa shape index (κ1) is 33.6. The number of para-hydroxylation sites is 2. The molecular weight excluding hydrogens is 753 g/mol. The van der Waals surface area contributed by atoms with Gasteiger partial charge in [-0.15, -0.1) is 11.3 Å². The van der Waals surface area contributed by atoms with E-state index in [1.165, 1.54) is 54.1 Å². The summed E-state index contributed by atoms with van der Waals surface area (Å²) < 4.78 is 11.0. The second-order valence-corrected chi connectivity index (χ2v) is 16.9. The highest BCUT2D eigenvalue weighted by Crippen LogP contribution is 2.47. The maximum Gasteiger partial charge on any atom is 0.238 e. The van der Waals surface area contributed by atoms with E-state index >= 15 is 0 Å². The summed E-state index contributed by atoms with van der Waals surface area (Å²) in [6, 6.07) is 62.9. The molecule has 0 aliphatic heterocycles. The van der Waals surface area contributed by atoms with Crippen molar-refractivity contribution in [2.45, 2.75) is 18.8 Å². The van der Waals surface area contributed by atoms with Crippen LogP contribution in [0.2, 0.25) is 0 Å². The van der Waals surface area contributed by atoms with E-state index in [0.29, 0.717) is 23.5 Å². The van der Waals surface area contributed by atoms with Crippen molar-refractivity contribution in [1.82, 2.24) is 19.5 Å². The molecule has 6 heteroatoms. The lowest BCUT2D eigenvalue weighted by molar-refractivity contribution is 0.669. The van der Waals surface area contributed by atoms with Crippen molar-refractivity contribution in [3.8, 4) is 39.9 Å². The lowest BCUT2D eigenvalue weighted by Crippen LogP contribution is -2.06. The number of aromatic nitrogens is 4.